The van der Waals surface area contributed by atoms with Crippen molar-refractivity contribution < 1.29 is 28.9 Å². The third-order valence-electron chi connectivity index (χ3n) is 6.67. The Hall–Kier alpha value is -3.85. The zero-order valence-corrected chi connectivity index (χ0v) is 21.0. The normalized spacial score (nSPS) is 15.8. The lowest BCUT2D eigenvalue weighted by molar-refractivity contribution is -0.145. The maximum atomic E-state index is 14.1. The Kier molecular flexibility index (Phi) is 8.13. The van der Waals surface area contributed by atoms with Crippen molar-refractivity contribution in [3.63, 3.8) is 0 Å². The van der Waals surface area contributed by atoms with Gasteiger partial charge in [-0.2, -0.15) is 0 Å². The molecule has 2 heterocycles. The van der Waals surface area contributed by atoms with Crippen LogP contribution in [0, 0.1) is 17.7 Å². The van der Waals surface area contributed by atoms with Gasteiger partial charge in [0.2, 0.25) is 5.88 Å². The van der Waals surface area contributed by atoms with E-state index in [0.29, 0.717) is 22.9 Å². The van der Waals surface area contributed by atoms with E-state index in [-0.39, 0.29) is 41.4 Å². The number of esters is 1. The van der Waals surface area contributed by atoms with E-state index in [1.807, 2.05) is 13.0 Å². The van der Waals surface area contributed by atoms with Crippen molar-refractivity contribution in [3.8, 4) is 22.9 Å². The molecule has 1 saturated carbocycles. The van der Waals surface area contributed by atoms with Gasteiger partial charge in [0.05, 0.1) is 50.1 Å². The highest BCUT2D eigenvalue weighted by atomic mass is 19.1. The van der Waals surface area contributed by atoms with Gasteiger partial charge in [-0.25, -0.2) is 9.37 Å². The topological polar surface area (TPSA) is 115 Å². The van der Waals surface area contributed by atoms with Gasteiger partial charge in [0.1, 0.15) is 11.9 Å². The number of nitrogens with zero attached hydrogens (tertiary/aromatic N) is 3. The van der Waals surface area contributed by atoms with Crippen molar-refractivity contribution in [2.45, 2.75) is 38.2 Å². The van der Waals surface area contributed by atoms with Crippen LogP contribution in [0.4, 0.5) is 4.39 Å². The minimum atomic E-state index is -0.934. The number of phenols is 1. The average Bonchev–Trinajstić information content (AvgIpc) is 3.75. The van der Waals surface area contributed by atoms with Crippen LogP contribution in [0.5, 0.6) is 11.6 Å². The molecular formula is C28H30FN3O5. The molecule has 1 aliphatic rings. The molecule has 3 aromatic rings. The molecule has 1 aromatic carbocycles. The number of methoxy groups -OCH3 is 2. The summed E-state index contributed by atoms with van der Waals surface area (Å²) in [7, 11) is 2.83. The molecule has 9 heteroatoms. The van der Waals surface area contributed by atoms with Gasteiger partial charge in [-0.1, -0.05) is 31.2 Å². The van der Waals surface area contributed by atoms with Gasteiger partial charge in [0, 0.05) is 17.2 Å². The maximum Gasteiger partial charge on any atom is 0.309 e. The molecular weight excluding hydrogens is 477 g/mol. The quantitative estimate of drug-likeness (QED) is 0.375. The molecule has 8 nitrogen and oxygen atoms in total. The Morgan fingerprint density at radius 1 is 1.16 bits per heavy atom. The number of hydrogen-bond donors (Lipinski definition) is 2. The highest BCUT2D eigenvalue weighted by molar-refractivity contribution is 5.73. The van der Waals surface area contributed by atoms with Gasteiger partial charge >= 0.3 is 5.97 Å². The van der Waals surface area contributed by atoms with E-state index in [1.54, 1.807) is 24.3 Å². The van der Waals surface area contributed by atoms with Crippen LogP contribution in [0.2, 0.25) is 0 Å². The second-order valence-corrected chi connectivity index (χ2v) is 9.18. The molecule has 4 rings (SSSR count). The summed E-state index contributed by atoms with van der Waals surface area (Å²) in [5.41, 5.74) is 2.33. The fourth-order valence-electron chi connectivity index (χ4n) is 4.49. The van der Waals surface area contributed by atoms with Crippen molar-refractivity contribution in [2.24, 2.45) is 11.8 Å². The Balaban J connectivity index is 1.41. The van der Waals surface area contributed by atoms with Crippen LogP contribution in [0.15, 0.2) is 48.9 Å². The number of aliphatic hydroxyl groups is 1. The largest absolute Gasteiger partial charge is 0.507 e. The van der Waals surface area contributed by atoms with Gasteiger partial charge in [-0.15, -0.1) is 0 Å². The third-order valence-corrected chi connectivity index (χ3v) is 6.67. The SMILES string of the molecule is COC(=O)[C@@H](C)[C@H](c1ccc(/C=C\CC(O)c2cnc(-c3cc(OC)ncc3F)cn2)c(O)c1)C1CC1. The number of ether oxygens (including phenoxy) is 2. The minimum absolute atomic E-state index is 0.00135. The van der Waals surface area contributed by atoms with E-state index in [9.17, 15) is 19.4 Å². The van der Waals surface area contributed by atoms with E-state index in [0.717, 1.165) is 24.6 Å². The number of aromatic hydroxyl groups is 1. The lowest BCUT2D eigenvalue weighted by atomic mass is 9.83. The van der Waals surface area contributed by atoms with Crippen molar-refractivity contribution in [1.82, 2.24) is 15.0 Å². The van der Waals surface area contributed by atoms with Crippen LogP contribution in [0.25, 0.3) is 17.3 Å². The number of hydrogen-bond acceptors (Lipinski definition) is 8. The number of aromatic nitrogens is 3. The number of phenolic OH excluding ortho intramolecular Hbond substituents is 1. The molecule has 1 unspecified atom stereocenters. The predicted octanol–water partition coefficient (Wildman–Crippen LogP) is 4.83. The molecule has 0 amide bonds. The van der Waals surface area contributed by atoms with Gasteiger partial charge < -0.3 is 19.7 Å². The van der Waals surface area contributed by atoms with Crippen LogP contribution >= 0.6 is 0 Å². The van der Waals surface area contributed by atoms with Gasteiger partial charge in [0.25, 0.3) is 0 Å². The summed E-state index contributed by atoms with van der Waals surface area (Å²) in [6.45, 7) is 1.86. The summed E-state index contributed by atoms with van der Waals surface area (Å²) < 4.78 is 24.1. The van der Waals surface area contributed by atoms with Crippen LogP contribution in [0.3, 0.4) is 0 Å². The number of pyridine rings is 1. The number of rotatable bonds is 10. The van der Waals surface area contributed by atoms with E-state index >= 15 is 0 Å². The smallest absolute Gasteiger partial charge is 0.309 e. The predicted molar refractivity (Wildman–Crippen MR) is 135 cm³/mol. The highest BCUT2D eigenvalue weighted by Crippen LogP contribution is 2.47. The van der Waals surface area contributed by atoms with Crippen molar-refractivity contribution >= 4 is 12.0 Å². The average molecular weight is 508 g/mol. The summed E-state index contributed by atoms with van der Waals surface area (Å²) in [6.07, 6.45) is 8.70. The van der Waals surface area contributed by atoms with Crippen LogP contribution in [-0.2, 0) is 9.53 Å². The Morgan fingerprint density at radius 2 is 1.95 bits per heavy atom. The van der Waals surface area contributed by atoms with E-state index in [2.05, 4.69) is 15.0 Å². The highest BCUT2D eigenvalue weighted by Gasteiger charge is 2.39. The number of carbonyl (C=O) groups is 1. The molecule has 0 bridgehead atoms. The number of halogens is 1. The molecule has 2 N–H and O–H groups in total. The second kappa shape index (κ2) is 11.5. The molecule has 194 valence electrons. The third kappa shape index (κ3) is 6.11. The Labute approximate surface area is 214 Å². The summed E-state index contributed by atoms with van der Waals surface area (Å²) in [5.74, 6) is -0.333. The van der Waals surface area contributed by atoms with Crippen molar-refractivity contribution in [2.75, 3.05) is 14.2 Å². The lowest BCUT2D eigenvalue weighted by Gasteiger charge is -2.23. The van der Waals surface area contributed by atoms with E-state index in [4.69, 9.17) is 9.47 Å². The molecule has 0 saturated heterocycles. The first-order chi connectivity index (χ1) is 17.8. The van der Waals surface area contributed by atoms with Gasteiger partial charge in [0.15, 0.2) is 5.82 Å². The number of carbonyl (C=O) groups excluding carboxylic acids is 1. The van der Waals surface area contributed by atoms with Gasteiger partial charge in [-0.05, 0) is 42.7 Å². The molecule has 0 radical (unpaired) electrons. The minimum Gasteiger partial charge on any atom is -0.507 e. The Bertz CT molecular complexity index is 1280. The number of aliphatic hydroxyl groups excluding tert-OH is 1. The summed E-state index contributed by atoms with van der Waals surface area (Å²) >= 11 is 0. The maximum absolute atomic E-state index is 14.1. The Morgan fingerprint density at radius 3 is 2.57 bits per heavy atom. The van der Waals surface area contributed by atoms with Crippen LogP contribution in [-0.4, -0.2) is 45.4 Å². The lowest BCUT2D eigenvalue weighted by Crippen LogP contribution is -2.22. The fraction of sp³-hybridized carbons (Fsp3) is 0.357. The molecule has 1 aliphatic carbocycles. The standard InChI is InChI=1S/C28H30FN3O5/c1-16(28(35)37-3)27(18-8-9-18)19-10-7-17(25(34)11-19)5-4-6-24(33)23-15-30-22(14-31-23)20-12-26(36-2)32-13-21(20)29/h4-5,7,10-16,18,24,27,33-34H,6,8-9H2,1-3H3/b5-4-/t16-,24?,27-/m0/s1. The molecule has 3 atom stereocenters. The number of benzene rings is 1. The summed E-state index contributed by atoms with van der Waals surface area (Å²) in [4.78, 5) is 24.4. The van der Waals surface area contributed by atoms with Crippen molar-refractivity contribution in [1.29, 1.82) is 0 Å². The van der Waals surface area contributed by atoms with E-state index < -0.39 is 11.9 Å². The molecule has 0 aliphatic heterocycles. The van der Waals surface area contributed by atoms with Crippen LogP contribution < -0.4 is 4.74 Å². The van der Waals surface area contributed by atoms with Crippen LogP contribution in [0.1, 0.15) is 55.0 Å². The first kappa shape index (κ1) is 26.2. The molecule has 1 fully saturated rings. The fourth-order valence-corrected chi connectivity index (χ4v) is 4.49. The van der Waals surface area contributed by atoms with E-state index in [1.165, 1.54) is 32.7 Å². The first-order valence-electron chi connectivity index (χ1n) is 12.1. The zero-order valence-electron chi connectivity index (χ0n) is 21.0. The van der Waals surface area contributed by atoms with Crippen molar-refractivity contribution in [3.05, 3.63) is 71.6 Å². The first-order valence-corrected chi connectivity index (χ1v) is 12.1. The zero-order chi connectivity index (χ0) is 26.5. The monoisotopic (exact) mass is 507 g/mol. The van der Waals surface area contributed by atoms with Gasteiger partial charge in [-0.3, -0.25) is 14.8 Å². The molecule has 0 spiro atoms. The summed E-state index contributed by atoms with van der Waals surface area (Å²) in [5, 5.41) is 21.1. The molecule has 37 heavy (non-hydrogen) atoms. The second-order valence-electron chi connectivity index (χ2n) is 9.18. The molecule has 2 aromatic heterocycles. The summed E-state index contributed by atoms with van der Waals surface area (Å²) in [6, 6.07) is 6.86.